The van der Waals surface area contributed by atoms with Gasteiger partial charge >= 0.3 is 5.97 Å². The summed E-state index contributed by atoms with van der Waals surface area (Å²) in [7, 11) is 0. The number of ether oxygens (including phenoxy) is 1. The van der Waals surface area contributed by atoms with E-state index >= 15 is 0 Å². The molecule has 0 saturated carbocycles. The lowest BCUT2D eigenvalue weighted by Gasteiger charge is -2.14. The first-order chi connectivity index (χ1) is 12.1. The van der Waals surface area contributed by atoms with Gasteiger partial charge in [-0.25, -0.2) is 9.78 Å². The van der Waals surface area contributed by atoms with E-state index in [2.05, 4.69) is 4.98 Å². The number of nitrogens with one attached hydrogen (secondary N) is 1. The molecule has 25 heavy (non-hydrogen) atoms. The Labute approximate surface area is 154 Å². The Morgan fingerprint density at radius 1 is 1.32 bits per heavy atom. The van der Waals surface area contributed by atoms with E-state index in [9.17, 15) is 9.59 Å². The van der Waals surface area contributed by atoms with Crippen molar-refractivity contribution in [2.45, 2.75) is 6.92 Å². The Morgan fingerprint density at radius 2 is 2.08 bits per heavy atom. The Bertz CT molecular complexity index is 848. The van der Waals surface area contributed by atoms with Gasteiger partial charge in [0, 0.05) is 11.6 Å². The number of carbonyl (C=O) groups excluding carboxylic acids is 2. The molecule has 1 N–H and O–H groups in total. The second kappa shape index (κ2) is 7.58. The quantitative estimate of drug-likeness (QED) is 0.470. The van der Waals surface area contributed by atoms with Crippen LogP contribution in [0.1, 0.15) is 22.8 Å². The van der Waals surface area contributed by atoms with E-state index in [1.165, 1.54) is 16.7 Å². The number of aromatic nitrogens is 1. The number of thiocarbonyl (C=S) groups is 1. The average molecular weight is 371 g/mol. The molecule has 2 heterocycles. The highest BCUT2D eigenvalue weighted by molar-refractivity contribution is 8.27. The number of hydrogen-bond donors (Lipinski definition) is 0. The molecule has 1 amide bonds. The number of esters is 1. The minimum atomic E-state index is -0.389. The normalized spacial score (nSPS) is 15.7. The fourth-order valence-electron chi connectivity index (χ4n) is 2.30. The SMILES string of the molecule is CCOC(=O)c1ccc(N2C(=O)C(=Cc3ccc[nH+]c3)SC2=S)cc1. The first-order valence-corrected chi connectivity index (χ1v) is 8.84. The van der Waals surface area contributed by atoms with Crippen molar-refractivity contribution in [2.24, 2.45) is 0 Å². The van der Waals surface area contributed by atoms with Crippen LogP contribution in [0.25, 0.3) is 6.08 Å². The zero-order chi connectivity index (χ0) is 17.8. The first kappa shape index (κ1) is 17.3. The third kappa shape index (κ3) is 3.78. The minimum absolute atomic E-state index is 0.178. The number of aromatic amines is 1. The summed E-state index contributed by atoms with van der Waals surface area (Å²) in [5.41, 5.74) is 1.95. The molecule has 7 heteroatoms. The van der Waals surface area contributed by atoms with E-state index in [1.54, 1.807) is 49.7 Å². The van der Waals surface area contributed by atoms with E-state index in [1.807, 2.05) is 12.1 Å². The predicted octanol–water partition coefficient (Wildman–Crippen LogP) is 3.08. The summed E-state index contributed by atoms with van der Waals surface area (Å²) in [6.45, 7) is 2.07. The number of amides is 1. The molecular formula is C18H15N2O3S2+. The van der Waals surface area contributed by atoms with E-state index in [0.717, 1.165) is 5.56 Å². The molecule has 0 spiro atoms. The van der Waals surface area contributed by atoms with Crippen LogP contribution in [0.2, 0.25) is 0 Å². The monoisotopic (exact) mass is 371 g/mol. The number of thioether (sulfide) groups is 1. The van der Waals surface area contributed by atoms with Crippen LogP contribution in [0, 0.1) is 0 Å². The molecule has 1 fully saturated rings. The van der Waals surface area contributed by atoms with Crippen molar-refractivity contribution in [1.29, 1.82) is 0 Å². The lowest BCUT2D eigenvalue weighted by molar-refractivity contribution is -0.378. The summed E-state index contributed by atoms with van der Waals surface area (Å²) in [6.07, 6.45) is 5.40. The molecule has 0 bridgehead atoms. The summed E-state index contributed by atoms with van der Waals surface area (Å²) in [6, 6.07) is 10.4. The van der Waals surface area contributed by atoms with Crippen LogP contribution in [0.4, 0.5) is 5.69 Å². The van der Waals surface area contributed by atoms with Crippen molar-refractivity contribution in [1.82, 2.24) is 0 Å². The lowest BCUT2D eigenvalue weighted by atomic mass is 10.2. The molecule has 0 unspecified atom stereocenters. The maximum Gasteiger partial charge on any atom is 0.338 e. The number of anilines is 1. The average Bonchev–Trinajstić information content (AvgIpc) is 2.90. The van der Waals surface area contributed by atoms with Gasteiger partial charge < -0.3 is 4.74 Å². The van der Waals surface area contributed by atoms with Gasteiger partial charge in [0.15, 0.2) is 16.7 Å². The van der Waals surface area contributed by atoms with E-state index in [-0.39, 0.29) is 11.9 Å². The summed E-state index contributed by atoms with van der Waals surface area (Å²) >= 11 is 6.60. The Hall–Kier alpha value is -2.51. The number of nitrogens with zero attached hydrogens (tertiary/aromatic N) is 1. The van der Waals surface area contributed by atoms with Gasteiger partial charge in [-0.05, 0) is 43.3 Å². The molecule has 1 aliphatic heterocycles. The number of pyridine rings is 1. The lowest BCUT2D eigenvalue weighted by Crippen LogP contribution is -2.27. The number of hydrogen-bond acceptors (Lipinski definition) is 5. The third-order valence-electron chi connectivity index (χ3n) is 3.46. The highest BCUT2D eigenvalue weighted by Gasteiger charge is 2.33. The summed E-state index contributed by atoms with van der Waals surface area (Å²) in [5, 5.41) is 0. The highest BCUT2D eigenvalue weighted by atomic mass is 32.2. The van der Waals surface area contributed by atoms with Crippen molar-refractivity contribution >= 4 is 51.9 Å². The van der Waals surface area contributed by atoms with Crippen molar-refractivity contribution in [3.63, 3.8) is 0 Å². The topological polar surface area (TPSA) is 60.8 Å². The van der Waals surface area contributed by atoms with Gasteiger partial charge in [0.1, 0.15) is 0 Å². The molecule has 1 saturated heterocycles. The fraction of sp³-hybridized carbons (Fsp3) is 0.111. The van der Waals surface area contributed by atoms with Gasteiger partial charge in [-0.1, -0.05) is 24.0 Å². The van der Waals surface area contributed by atoms with Crippen molar-refractivity contribution in [3.8, 4) is 0 Å². The zero-order valence-electron chi connectivity index (χ0n) is 13.4. The molecular weight excluding hydrogens is 356 g/mol. The maximum absolute atomic E-state index is 12.7. The van der Waals surface area contributed by atoms with Crippen LogP contribution >= 0.6 is 24.0 Å². The van der Waals surface area contributed by atoms with E-state index in [4.69, 9.17) is 17.0 Å². The summed E-state index contributed by atoms with van der Waals surface area (Å²) in [4.78, 5) is 29.4. The molecule has 5 nitrogen and oxygen atoms in total. The molecule has 2 aromatic rings. The number of rotatable bonds is 4. The van der Waals surface area contributed by atoms with Gasteiger partial charge in [0.05, 0.1) is 22.8 Å². The molecule has 126 valence electrons. The molecule has 1 aliphatic rings. The van der Waals surface area contributed by atoms with Gasteiger partial charge in [0.2, 0.25) is 0 Å². The number of H-pyrrole nitrogens is 1. The zero-order valence-corrected chi connectivity index (χ0v) is 15.0. The van der Waals surface area contributed by atoms with Crippen LogP contribution in [0.15, 0.2) is 53.7 Å². The van der Waals surface area contributed by atoms with Crippen LogP contribution < -0.4 is 9.88 Å². The van der Waals surface area contributed by atoms with Crippen molar-refractivity contribution in [3.05, 3.63) is 64.8 Å². The fourth-order valence-corrected chi connectivity index (χ4v) is 3.60. The van der Waals surface area contributed by atoms with Crippen molar-refractivity contribution in [2.75, 3.05) is 11.5 Å². The molecule has 1 aromatic carbocycles. The Balaban J connectivity index is 1.83. The Kier molecular flexibility index (Phi) is 5.25. The minimum Gasteiger partial charge on any atom is -0.462 e. The highest BCUT2D eigenvalue weighted by Crippen LogP contribution is 2.35. The number of benzene rings is 1. The van der Waals surface area contributed by atoms with Crippen LogP contribution in [-0.2, 0) is 9.53 Å². The second-order valence-electron chi connectivity index (χ2n) is 5.12. The first-order valence-electron chi connectivity index (χ1n) is 7.61. The molecule has 1 aromatic heterocycles. The smallest absolute Gasteiger partial charge is 0.338 e. The summed E-state index contributed by atoms with van der Waals surface area (Å²) < 4.78 is 5.42. The summed E-state index contributed by atoms with van der Waals surface area (Å²) in [5.74, 6) is -0.567. The Morgan fingerprint density at radius 3 is 2.72 bits per heavy atom. The van der Waals surface area contributed by atoms with Gasteiger partial charge in [-0.2, -0.15) is 0 Å². The van der Waals surface area contributed by atoms with Crippen LogP contribution in [0.5, 0.6) is 0 Å². The standard InChI is InChI=1S/C18H14N2O3S2/c1-2-23-17(22)13-5-7-14(8-6-13)20-16(21)15(25-18(20)24)10-12-4-3-9-19-11-12/h3-11H,2H2,1H3/p+1. The largest absolute Gasteiger partial charge is 0.462 e. The van der Waals surface area contributed by atoms with Crippen LogP contribution in [0.3, 0.4) is 0 Å². The van der Waals surface area contributed by atoms with Gasteiger partial charge in [-0.15, -0.1) is 0 Å². The third-order valence-corrected chi connectivity index (χ3v) is 4.76. The predicted molar refractivity (Wildman–Crippen MR) is 101 cm³/mol. The molecule has 0 radical (unpaired) electrons. The van der Waals surface area contributed by atoms with Gasteiger partial charge in [-0.3, -0.25) is 9.69 Å². The van der Waals surface area contributed by atoms with Gasteiger partial charge in [0.25, 0.3) is 5.91 Å². The van der Waals surface area contributed by atoms with E-state index in [0.29, 0.717) is 27.1 Å². The molecule has 3 rings (SSSR count). The van der Waals surface area contributed by atoms with Crippen LogP contribution in [-0.4, -0.2) is 22.8 Å². The molecule has 0 aliphatic carbocycles. The second-order valence-corrected chi connectivity index (χ2v) is 6.80. The number of carbonyl (C=O) groups is 2. The van der Waals surface area contributed by atoms with E-state index < -0.39 is 0 Å². The van der Waals surface area contributed by atoms with Crippen molar-refractivity contribution < 1.29 is 19.3 Å². The molecule has 0 atom stereocenters. The maximum atomic E-state index is 12.7.